The van der Waals surface area contributed by atoms with Crippen molar-refractivity contribution in [3.8, 4) is 11.5 Å². The Labute approximate surface area is 179 Å². The lowest BCUT2D eigenvalue weighted by Gasteiger charge is -2.12. The molecule has 0 heterocycles. The first-order valence-electron chi connectivity index (χ1n) is 11.0. The molecular weight excluding hydrogens is 384 g/mol. The Kier molecular flexibility index (Phi) is 12.3. The number of aryl methyl sites for hydroxylation is 1. The lowest BCUT2D eigenvalue weighted by Crippen LogP contribution is -2.13. The van der Waals surface area contributed by atoms with E-state index in [2.05, 4.69) is 13.0 Å². The number of carbonyl (C=O) groups excluding carboxylic acids is 1. The Balaban J connectivity index is 2.28. The molecule has 0 aromatic heterocycles. The van der Waals surface area contributed by atoms with Crippen LogP contribution in [0.3, 0.4) is 0 Å². The smallest absolute Gasteiger partial charge is 0.339 e. The second-order valence-electron chi connectivity index (χ2n) is 7.68. The fraction of sp³-hybridized carbons (Fsp3) is 0.583. The van der Waals surface area contributed by atoms with Gasteiger partial charge in [-0.2, -0.15) is 0 Å². The predicted molar refractivity (Wildman–Crippen MR) is 117 cm³/mol. The second kappa shape index (κ2) is 14.5. The van der Waals surface area contributed by atoms with Gasteiger partial charge in [0.2, 0.25) is 0 Å². The molecule has 3 N–H and O–H groups in total. The minimum absolute atomic E-state index is 0.124. The average molecular weight is 421 g/mol. The molecule has 0 aliphatic rings. The summed E-state index contributed by atoms with van der Waals surface area (Å²) in [6.07, 6.45) is 14.5. The summed E-state index contributed by atoms with van der Waals surface area (Å²) in [4.78, 5) is 22.5. The van der Waals surface area contributed by atoms with Crippen LogP contribution in [-0.2, 0) is 16.0 Å². The van der Waals surface area contributed by atoms with Crippen molar-refractivity contribution in [3.05, 3.63) is 35.4 Å². The molecule has 0 bridgehead atoms. The molecule has 0 saturated heterocycles. The number of aromatic hydroxyl groups is 2. The molecule has 0 amide bonds. The van der Waals surface area contributed by atoms with Crippen LogP contribution in [0.1, 0.15) is 94.0 Å². The summed E-state index contributed by atoms with van der Waals surface area (Å²) in [5, 5.41) is 28.6. The number of phenols is 2. The summed E-state index contributed by atoms with van der Waals surface area (Å²) in [7, 11) is 0. The van der Waals surface area contributed by atoms with Gasteiger partial charge in [0, 0.05) is 13.0 Å². The molecule has 6 heteroatoms. The number of rotatable bonds is 15. The van der Waals surface area contributed by atoms with Gasteiger partial charge in [-0.25, -0.2) is 4.79 Å². The normalized spacial score (nSPS) is 12.2. The summed E-state index contributed by atoms with van der Waals surface area (Å²) in [5.74, 6) is -1.95. The maximum atomic E-state index is 11.3. The van der Waals surface area contributed by atoms with Crippen molar-refractivity contribution < 1.29 is 29.6 Å². The number of carbonyl (C=O) groups is 2. The number of hydrogen-bond donors (Lipinski definition) is 3. The van der Waals surface area contributed by atoms with Crippen molar-refractivity contribution in [1.29, 1.82) is 0 Å². The van der Waals surface area contributed by atoms with E-state index in [1.54, 1.807) is 0 Å². The quantitative estimate of drug-likeness (QED) is 0.190. The summed E-state index contributed by atoms with van der Waals surface area (Å²) < 4.78 is 5.34. The SMILES string of the molecule is CCCCC[C@H](C=CCCCCCCCc1cc(O)cc(O)c1C(=O)O)OC(C)=O. The summed E-state index contributed by atoms with van der Waals surface area (Å²) in [6, 6.07) is 2.46. The number of unbranched alkanes of at least 4 members (excludes halogenated alkanes) is 7. The number of allylic oxidation sites excluding steroid dienone is 1. The highest BCUT2D eigenvalue weighted by atomic mass is 16.5. The molecule has 1 atom stereocenters. The first-order chi connectivity index (χ1) is 14.3. The van der Waals surface area contributed by atoms with E-state index in [1.165, 1.54) is 13.0 Å². The molecule has 6 nitrogen and oxygen atoms in total. The van der Waals surface area contributed by atoms with Crippen LogP contribution in [0.25, 0.3) is 0 Å². The highest BCUT2D eigenvalue weighted by molar-refractivity contribution is 5.92. The number of phenolic OH excluding ortho intramolecular Hbond substituents is 1. The Morgan fingerprint density at radius 3 is 2.40 bits per heavy atom. The lowest BCUT2D eigenvalue weighted by molar-refractivity contribution is -0.144. The van der Waals surface area contributed by atoms with Gasteiger partial charge in [0.25, 0.3) is 0 Å². The Bertz CT molecular complexity index is 695. The molecule has 0 aliphatic carbocycles. The van der Waals surface area contributed by atoms with Crippen molar-refractivity contribution in [2.45, 2.75) is 90.6 Å². The Morgan fingerprint density at radius 1 is 1.03 bits per heavy atom. The average Bonchev–Trinajstić information content (AvgIpc) is 2.65. The van der Waals surface area contributed by atoms with Crippen molar-refractivity contribution in [1.82, 2.24) is 0 Å². The molecule has 1 aromatic carbocycles. The zero-order valence-corrected chi connectivity index (χ0v) is 18.2. The summed E-state index contributed by atoms with van der Waals surface area (Å²) >= 11 is 0. The van der Waals surface area contributed by atoms with Crippen LogP contribution in [0.15, 0.2) is 24.3 Å². The maximum Gasteiger partial charge on any atom is 0.339 e. The molecule has 1 rings (SSSR count). The van der Waals surface area contributed by atoms with E-state index in [4.69, 9.17) is 4.74 Å². The molecule has 0 aliphatic heterocycles. The third kappa shape index (κ3) is 10.3. The van der Waals surface area contributed by atoms with Gasteiger partial charge in [0.1, 0.15) is 23.2 Å². The van der Waals surface area contributed by atoms with E-state index in [1.807, 2.05) is 6.08 Å². The van der Waals surface area contributed by atoms with Crippen molar-refractivity contribution in [3.63, 3.8) is 0 Å². The highest BCUT2D eigenvalue weighted by Gasteiger charge is 2.16. The number of ether oxygens (including phenoxy) is 1. The van der Waals surface area contributed by atoms with Crippen LogP contribution in [-0.4, -0.2) is 33.4 Å². The first kappa shape index (κ1) is 25.5. The van der Waals surface area contributed by atoms with Crippen LogP contribution < -0.4 is 0 Å². The Morgan fingerprint density at radius 2 is 1.73 bits per heavy atom. The molecule has 0 fully saturated rings. The molecule has 1 aromatic rings. The molecule has 0 spiro atoms. The van der Waals surface area contributed by atoms with Gasteiger partial charge in [-0.3, -0.25) is 4.79 Å². The van der Waals surface area contributed by atoms with E-state index < -0.39 is 11.7 Å². The largest absolute Gasteiger partial charge is 0.508 e. The van der Waals surface area contributed by atoms with Crippen LogP contribution in [0.5, 0.6) is 11.5 Å². The minimum Gasteiger partial charge on any atom is -0.508 e. The van der Waals surface area contributed by atoms with Crippen LogP contribution >= 0.6 is 0 Å². The molecule has 0 radical (unpaired) electrons. The number of hydrogen-bond acceptors (Lipinski definition) is 5. The topological polar surface area (TPSA) is 104 Å². The van der Waals surface area contributed by atoms with Crippen LogP contribution in [0.4, 0.5) is 0 Å². The number of benzene rings is 1. The fourth-order valence-corrected chi connectivity index (χ4v) is 3.47. The van der Waals surface area contributed by atoms with Crippen molar-refractivity contribution in [2.75, 3.05) is 0 Å². The molecule has 30 heavy (non-hydrogen) atoms. The number of carboxylic acid groups (broad SMARTS) is 1. The predicted octanol–water partition coefficient (Wildman–Crippen LogP) is 5.75. The van der Waals surface area contributed by atoms with Gasteiger partial charge in [0.15, 0.2) is 0 Å². The van der Waals surface area contributed by atoms with Crippen LogP contribution in [0, 0.1) is 0 Å². The number of aromatic carboxylic acids is 1. The molecular formula is C24H36O6. The van der Waals surface area contributed by atoms with E-state index in [0.717, 1.165) is 70.3 Å². The van der Waals surface area contributed by atoms with Gasteiger partial charge in [-0.05, 0) is 56.2 Å². The van der Waals surface area contributed by atoms with Crippen molar-refractivity contribution >= 4 is 11.9 Å². The monoisotopic (exact) mass is 420 g/mol. The number of esters is 1. The molecule has 0 saturated carbocycles. The standard InChI is InChI=1S/C24H36O6/c1-3-4-10-14-21(30-18(2)25)15-12-9-7-5-6-8-11-13-19-16-20(26)17-22(27)23(19)24(28)29/h12,15-17,21,26-27H,3-11,13-14H2,1-2H3,(H,28,29)/t21-/m1/s1. The number of carboxylic acids is 1. The van der Waals surface area contributed by atoms with Gasteiger partial charge in [0.05, 0.1) is 0 Å². The third-order valence-corrected chi connectivity index (χ3v) is 4.98. The van der Waals surface area contributed by atoms with Gasteiger partial charge in [-0.1, -0.05) is 45.1 Å². The summed E-state index contributed by atoms with van der Waals surface area (Å²) in [5.41, 5.74) is 0.335. The summed E-state index contributed by atoms with van der Waals surface area (Å²) in [6.45, 7) is 3.59. The minimum atomic E-state index is -1.18. The highest BCUT2D eigenvalue weighted by Crippen LogP contribution is 2.28. The van der Waals surface area contributed by atoms with E-state index in [0.29, 0.717) is 12.0 Å². The third-order valence-electron chi connectivity index (χ3n) is 4.98. The first-order valence-corrected chi connectivity index (χ1v) is 11.0. The maximum absolute atomic E-state index is 11.3. The van der Waals surface area contributed by atoms with Crippen LogP contribution in [0.2, 0.25) is 0 Å². The van der Waals surface area contributed by atoms with E-state index in [-0.39, 0.29) is 23.4 Å². The second-order valence-corrected chi connectivity index (χ2v) is 7.68. The molecule has 0 unspecified atom stereocenters. The van der Waals surface area contributed by atoms with Gasteiger partial charge in [-0.15, -0.1) is 0 Å². The van der Waals surface area contributed by atoms with Gasteiger partial charge < -0.3 is 20.1 Å². The molecule has 168 valence electrons. The van der Waals surface area contributed by atoms with Crippen molar-refractivity contribution in [2.24, 2.45) is 0 Å². The van der Waals surface area contributed by atoms with Gasteiger partial charge >= 0.3 is 11.9 Å². The Hall–Kier alpha value is -2.50. The van der Waals surface area contributed by atoms with E-state index in [9.17, 15) is 24.9 Å². The zero-order chi connectivity index (χ0) is 22.4. The lowest BCUT2D eigenvalue weighted by atomic mass is 9.99. The van der Waals surface area contributed by atoms with E-state index >= 15 is 0 Å². The zero-order valence-electron chi connectivity index (χ0n) is 18.2. The fourth-order valence-electron chi connectivity index (χ4n) is 3.47.